The van der Waals surface area contributed by atoms with E-state index in [1.165, 1.54) is 11.1 Å². The van der Waals surface area contributed by atoms with Crippen LogP contribution < -0.4 is 14.8 Å². The van der Waals surface area contributed by atoms with Gasteiger partial charge in [-0.25, -0.2) is 0 Å². The molecule has 1 aliphatic rings. The second kappa shape index (κ2) is 6.89. The van der Waals surface area contributed by atoms with Gasteiger partial charge < -0.3 is 14.8 Å². The van der Waals surface area contributed by atoms with Gasteiger partial charge in [-0.05, 0) is 35.9 Å². The molecule has 0 saturated heterocycles. The van der Waals surface area contributed by atoms with Crippen LogP contribution in [-0.2, 0) is 0 Å². The molecular formula is C22H21NO2. The van der Waals surface area contributed by atoms with Crippen molar-refractivity contribution >= 4 is 5.69 Å². The van der Waals surface area contributed by atoms with Gasteiger partial charge in [-0.15, -0.1) is 0 Å². The highest BCUT2D eigenvalue weighted by molar-refractivity contribution is 5.51. The number of hydrogen-bond acceptors (Lipinski definition) is 3. The molecule has 126 valence electrons. The van der Waals surface area contributed by atoms with Crippen molar-refractivity contribution in [3.05, 3.63) is 90.0 Å². The third kappa shape index (κ3) is 3.31. The zero-order chi connectivity index (χ0) is 17.1. The molecule has 1 heterocycles. The number of ether oxygens (including phenoxy) is 2. The number of benzene rings is 3. The largest absolute Gasteiger partial charge is 0.497 e. The summed E-state index contributed by atoms with van der Waals surface area (Å²) in [6.07, 6.45) is 0.930. The predicted octanol–water partition coefficient (Wildman–Crippen LogP) is 5.37. The highest BCUT2D eigenvalue weighted by Gasteiger charge is 2.29. The Morgan fingerprint density at radius 3 is 2.36 bits per heavy atom. The summed E-state index contributed by atoms with van der Waals surface area (Å²) in [5.74, 6) is 1.81. The summed E-state index contributed by atoms with van der Waals surface area (Å²) in [6, 6.07) is 26.9. The first kappa shape index (κ1) is 15.6. The van der Waals surface area contributed by atoms with E-state index in [2.05, 4.69) is 53.8 Å². The minimum absolute atomic E-state index is 0.0480. The number of para-hydroxylation sites is 1. The molecule has 3 aromatic rings. The van der Waals surface area contributed by atoms with Gasteiger partial charge in [0.2, 0.25) is 0 Å². The standard InChI is InChI=1S/C22H21NO2/c1-24-18-13-11-17(12-14-18)23-20-15-22(16-7-3-2-4-8-16)25-21-10-6-5-9-19(20)21/h2-14,20,22-23H,15H2,1H3/t20-,22-/m1/s1. The topological polar surface area (TPSA) is 30.5 Å². The van der Waals surface area contributed by atoms with Gasteiger partial charge in [0.15, 0.2) is 0 Å². The average molecular weight is 331 g/mol. The van der Waals surface area contributed by atoms with Crippen LogP contribution in [0.2, 0.25) is 0 Å². The second-order valence-electron chi connectivity index (χ2n) is 6.22. The van der Waals surface area contributed by atoms with Crippen molar-refractivity contribution in [3.63, 3.8) is 0 Å². The minimum Gasteiger partial charge on any atom is -0.497 e. The molecule has 0 bridgehead atoms. The summed E-state index contributed by atoms with van der Waals surface area (Å²) in [6.45, 7) is 0. The Hall–Kier alpha value is -2.94. The Labute approximate surface area is 148 Å². The van der Waals surface area contributed by atoms with Crippen LogP contribution in [0.25, 0.3) is 0 Å². The van der Waals surface area contributed by atoms with Gasteiger partial charge in [0, 0.05) is 17.7 Å². The van der Waals surface area contributed by atoms with Crippen LogP contribution in [0.3, 0.4) is 0 Å². The van der Waals surface area contributed by atoms with Gasteiger partial charge in [0.1, 0.15) is 17.6 Å². The normalized spacial score (nSPS) is 18.8. The first-order valence-corrected chi connectivity index (χ1v) is 8.54. The van der Waals surface area contributed by atoms with E-state index in [0.717, 1.165) is 23.6 Å². The summed E-state index contributed by atoms with van der Waals surface area (Å²) < 4.78 is 11.5. The minimum atomic E-state index is 0.0480. The number of nitrogens with one attached hydrogen (secondary N) is 1. The molecule has 0 saturated carbocycles. The lowest BCUT2D eigenvalue weighted by molar-refractivity contribution is 0.165. The SMILES string of the molecule is COc1ccc(N[C@@H]2C[C@H](c3ccccc3)Oc3ccccc32)cc1. The molecule has 2 atom stereocenters. The molecule has 3 heteroatoms. The number of fused-ring (bicyclic) bond motifs is 1. The third-order valence-electron chi connectivity index (χ3n) is 4.62. The summed E-state index contributed by atoms with van der Waals surface area (Å²) in [7, 11) is 1.68. The molecule has 0 radical (unpaired) electrons. The molecule has 0 unspecified atom stereocenters. The first-order chi connectivity index (χ1) is 12.3. The molecule has 25 heavy (non-hydrogen) atoms. The van der Waals surface area contributed by atoms with E-state index in [0.29, 0.717) is 0 Å². The molecular weight excluding hydrogens is 310 g/mol. The van der Waals surface area contributed by atoms with Crippen molar-refractivity contribution in [1.82, 2.24) is 0 Å². The fourth-order valence-electron chi connectivity index (χ4n) is 3.32. The van der Waals surface area contributed by atoms with Crippen molar-refractivity contribution in [3.8, 4) is 11.5 Å². The number of anilines is 1. The Kier molecular flexibility index (Phi) is 4.30. The monoisotopic (exact) mass is 331 g/mol. The molecule has 0 spiro atoms. The maximum Gasteiger partial charge on any atom is 0.126 e. The van der Waals surface area contributed by atoms with Crippen LogP contribution in [0.4, 0.5) is 5.69 Å². The fourth-order valence-corrected chi connectivity index (χ4v) is 3.32. The molecule has 0 amide bonds. The van der Waals surface area contributed by atoms with Crippen molar-refractivity contribution in [2.45, 2.75) is 18.6 Å². The molecule has 0 aliphatic carbocycles. The van der Waals surface area contributed by atoms with Gasteiger partial charge in [-0.1, -0.05) is 48.5 Å². The van der Waals surface area contributed by atoms with Gasteiger partial charge >= 0.3 is 0 Å². The Bertz CT molecular complexity index is 830. The maximum absolute atomic E-state index is 6.26. The Balaban J connectivity index is 1.62. The van der Waals surface area contributed by atoms with E-state index in [-0.39, 0.29) is 12.1 Å². The van der Waals surface area contributed by atoms with Crippen LogP contribution in [0.5, 0.6) is 11.5 Å². The molecule has 3 nitrogen and oxygen atoms in total. The van der Waals surface area contributed by atoms with Crippen molar-refractivity contribution in [2.75, 3.05) is 12.4 Å². The molecule has 4 rings (SSSR count). The molecule has 0 aromatic heterocycles. The molecule has 1 aliphatic heterocycles. The van der Waals surface area contributed by atoms with Crippen LogP contribution in [-0.4, -0.2) is 7.11 Å². The molecule has 0 fully saturated rings. The zero-order valence-corrected chi connectivity index (χ0v) is 14.2. The molecule has 1 N–H and O–H groups in total. The summed E-state index contributed by atoms with van der Waals surface area (Å²) >= 11 is 0. The fraction of sp³-hybridized carbons (Fsp3) is 0.182. The van der Waals surface area contributed by atoms with E-state index >= 15 is 0 Å². The lowest BCUT2D eigenvalue weighted by Crippen LogP contribution is -2.23. The second-order valence-corrected chi connectivity index (χ2v) is 6.22. The van der Waals surface area contributed by atoms with Crippen LogP contribution in [0, 0.1) is 0 Å². The third-order valence-corrected chi connectivity index (χ3v) is 4.62. The molecule has 3 aromatic carbocycles. The van der Waals surface area contributed by atoms with Crippen LogP contribution in [0.15, 0.2) is 78.9 Å². The van der Waals surface area contributed by atoms with Crippen molar-refractivity contribution in [2.24, 2.45) is 0 Å². The van der Waals surface area contributed by atoms with E-state index in [4.69, 9.17) is 9.47 Å². The van der Waals surface area contributed by atoms with Gasteiger partial charge in [-0.2, -0.15) is 0 Å². The van der Waals surface area contributed by atoms with Crippen molar-refractivity contribution < 1.29 is 9.47 Å². The van der Waals surface area contributed by atoms with Crippen LogP contribution >= 0.6 is 0 Å². The lowest BCUT2D eigenvalue weighted by atomic mass is 9.92. The summed E-state index contributed by atoms with van der Waals surface area (Å²) in [4.78, 5) is 0. The van der Waals surface area contributed by atoms with E-state index in [1.807, 2.05) is 30.3 Å². The summed E-state index contributed by atoms with van der Waals surface area (Å²) in [5.41, 5.74) is 3.48. The zero-order valence-electron chi connectivity index (χ0n) is 14.2. The average Bonchev–Trinajstić information content (AvgIpc) is 2.69. The Morgan fingerprint density at radius 1 is 0.880 bits per heavy atom. The highest BCUT2D eigenvalue weighted by atomic mass is 16.5. The smallest absolute Gasteiger partial charge is 0.126 e. The van der Waals surface area contributed by atoms with E-state index in [9.17, 15) is 0 Å². The van der Waals surface area contributed by atoms with E-state index in [1.54, 1.807) is 7.11 Å². The number of hydrogen-bond donors (Lipinski definition) is 1. The Morgan fingerprint density at radius 2 is 1.60 bits per heavy atom. The van der Waals surface area contributed by atoms with E-state index < -0.39 is 0 Å². The van der Waals surface area contributed by atoms with Gasteiger partial charge in [0.25, 0.3) is 0 Å². The lowest BCUT2D eigenvalue weighted by Gasteiger charge is -2.33. The number of rotatable bonds is 4. The first-order valence-electron chi connectivity index (χ1n) is 8.54. The van der Waals surface area contributed by atoms with Crippen LogP contribution in [0.1, 0.15) is 29.7 Å². The van der Waals surface area contributed by atoms with Gasteiger partial charge in [-0.3, -0.25) is 0 Å². The predicted molar refractivity (Wildman–Crippen MR) is 100 cm³/mol. The van der Waals surface area contributed by atoms with Gasteiger partial charge in [0.05, 0.1) is 13.2 Å². The van der Waals surface area contributed by atoms with Crippen molar-refractivity contribution in [1.29, 1.82) is 0 Å². The summed E-state index contributed by atoms with van der Waals surface area (Å²) in [5, 5.41) is 3.65. The quantitative estimate of drug-likeness (QED) is 0.697. The number of methoxy groups -OCH3 is 1. The highest BCUT2D eigenvalue weighted by Crippen LogP contribution is 2.42. The maximum atomic E-state index is 6.26.